The van der Waals surface area contributed by atoms with Gasteiger partial charge in [-0.3, -0.25) is 0 Å². The predicted molar refractivity (Wildman–Crippen MR) is 128 cm³/mol. The van der Waals surface area contributed by atoms with E-state index in [2.05, 4.69) is 37.8 Å². The van der Waals surface area contributed by atoms with Gasteiger partial charge in [-0.25, -0.2) is 0 Å². The van der Waals surface area contributed by atoms with Crippen molar-refractivity contribution in [2.24, 2.45) is 28.3 Å². The fraction of sp³-hybridized carbons (Fsp3) is 0.778. The summed E-state index contributed by atoms with van der Waals surface area (Å²) in [5.74, 6) is 2.05. The van der Waals surface area contributed by atoms with E-state index >= 15 is 0 Å². The maximum atomic E-state index is 11.1. The summed E-state index contributed by atoms with van der Waals surface area (Å²) in [6.45, 7) is 12.8. The molecule has 0 heterocycles. The topological polar surface area (TPSA) is 69.9 Å². The molecule has 2 unspecified atom stereocenters. The van der Waals surface area contributed by atoms with E-state index in [1.165, 1.54) is 37.7 Å². The van der Waals surface area contributed by atoms with Crippen LogP contribution in [-0.4, -0.2) is 28.0 Å². The zero-order valence-corrected chi connectivity index (χ0v) is 20.1. The Labute approximate surface area is 188 Å². The molecule has 0 spiro atoms. The van der Waals surface area contributed by atoms with Crippen LogP contribution >= 0.6 is 0 Å². The van der Waals surface area contributed by atoms with Gasteiger partial charge in [-0.05, 0) is 93.1 Å². The van der Waals surface area contributed by atoms with Crippen molar-refractivity contribution in [2.75, 3.05) is 0 Å². The summed E-state index contributed by atoms with van der Waals surface area (Å²) in [5, 5.41) is 23.3. The van der Waals surface area contributed by atoms with E-state index in [1.54, 1.807) is 0 Å². The summed E-state index contributed by atoms with van der Waals surface area (Å²) in [4.78, 5) is 11.1. The minimum absolute atomic E-state index is 0.354. The van der Waals surface area contributed by atoms with Crippen molar-refractivity contribution >= 4 is 0 Å². The Morgan fingerprint density at radius 3 is 2.74 bits per heavy atom. The van der Waals surface area contributed by atoms with Crippen LogP contribution in [-0.2, 0) is 0 Å². The monoisotopic (exact) mass is 429 g/mol. The normalized spacial score (nSPS) is 37.8. The fourth-order valence-corrected chi connectivity index (χ4v) is 6.84. The molecule has 3 fully saturated rings. The van der Waals surface area contributed by atoms with Crippen LogP contribution in [0.2, 0.25) is 0 Å². The zero-order chi connectivity index (χ0) is 22.8. The van der Waals surface area contributed by atoms with Gasteiger partial charge in [0.1, 0.15) is 6.04 Å². The summed E-state index contributed by atoms with van der Waals surface area (Å²) in [6, 6.07) is -0.495. The number of nitrogens with zero attached hydrogens (tertiary/aromatic N) is 1. The second kappa shape index (κ2) is 9.70. The Morgan fingerprint density at radius 2 is 2.06 bits per heavy atom. The first-order valence-electron chi connectivity index (χ1n) is 12.4. The first-order valence-corrected chi connectivity index (χ1v) is 12.4. The highest BCUT2D eigenvalue weighted by atomic mass is 16.3. The van der Waals surface area contributed by atoms with Crippen LogP contribution < -0.4 is 0 Å². The van der Waals surface area contributed by atoms with E-state index in [0.29, 0.717) is 30.1 Å². The third kappa shape index (κ3) is 5.57. The van der Waals surface area contributed by atoms with Crippen molar-refractivity contribution in [3.05, 3.63) is 40.4 Å². The molecule has 31 heavy (non-hydrogen) atoms. The number of hydrogen-bond acceptors (Lipinski definition) is 4. The SMILES string of the molecule is C=C1/C(=C\C=C2/CCC[C@@]3(C)C2CCC3[C@H](C)CCCC(C)(C)O)C[C@@H](O)C[C@@H]1N=O. The molecule has 0 aromatic rings. The highest BCUT2D eigenvalue weighted by Crippen LogP contribution is 2.60. The molecular weight excluding hydrogens is 386 g/mol. The maximum absolute atomic E-state index is 11.1. The Hall–Kier alpha value is -1.26. The number of aliphatic hydroxyl groups excluding tert-OH is 1. The summed E-state index contributed by atoms with van der Waals surface area (Å²) >= 11 is 0. The summed E-state index contributed by atoms with van der Waals surface area (Å²) in [6.07, 6.45) is 14.2. The molecule has 0 aromatic carbocycles. The number of aliphatic hydroxyl groups is 2. The van der Waals surface area contributed by atoms with Crippen molar-refractivity contribution in [3.8, 4) is 0 Å². The average Bonchev–Trinajstić information content (AvgIpc) is 3.04. The largest absolute Gasteiger partial charge is 0.393 e. The highest BCUT2D eigenvalue weighted by Gasteiger charge is 2.50. The molecule has 3 saturated carbocycles. The maximum Gasteiger partial charge on any atom is 0.119 e. The third-order valence-corrected chi connectivity index (χ3v) is 8.56. The lowest BCUT2D eigenvalue weighted by molar-refractivity contribution is 0.0596. The molecule has 0 bridgehead atoms. The molecule has 4 nitrogen and oxygen atoms in total. The Kier molecular flexibility index (Phi) is 7.63. The van der Waals surface area contributed by atoms with Crippen molar-refractivity contribution in [3.63, 3.8) is 0 Å². The second-order valence-corrected chi connectivity index (χ2v) is 11.5. The number of rotatable bonds is 7. The molecule has 3 rings (SSSR count). The zero-order valence-electron chi connectivity index (χ0n) is 20.1. The van der Waals surface area contributed by atoms with Crippen LogP contribution in [0, 0.1) is 28.1 Å². The van der Waals surface area contributed by atoms with E-state index < -0.39 is 17.7 Å². The van der Waals surface area contributed by atoms with Gasteiger partial charge in [0.05, 0.1) is 11.7 Å². The molecule has 0 amide bonds. The Balaban J connectivity index is 1.71. The smallest absolute Gasteiger partial charge is 0.119 e. The van der Waals surface area contributed by atoms with Crippen LogP contribution in [0.1, 0.15) is 91.9 Å². The average molecular weight is 430 g/mol. The lowest BCUT2D eigenvalue weighted by atomic mass is 9.60. The minimum Gasteiger partial charge on any atom is -0.393 e. The number of fused-ring (bicyclic) bond motifs is 1. The van der Waals surface area contributed by atoms with Crippen molar-refractivity contribution < 1.29 is 10.2 Å². The van der Waals surface area contributed by atoms with Crippen LogP contribution in [0.15, 0.2) is 40.6 Å². The van der Waals surface area contributed by atoms with Gasteiger partial charge in [0.15, 0.2) is 0 Å². The number of allylic oxidation sites excluding steroid dienone is 3. The molecule has 0 aliphatic heterocycles. The van der Waals surface area contributed by atoms with Gasteiger partial charge in [0, 0.05) is 6.42 Å². The minimum atomic E-state index is -0.564. The molecule has 3 aliphatic carbocycles. The molecule has 4 heteroatoms. The third-order valence-electron chi connectivity index (χ3n) is 8.56. The molecule has 0 radical (unpaired) electrons. The van der Waals surface area contributed by atoms with E-state index in [1.807, 2.05) is 13.8 Å². The van der Waals surface area contributed by atoms with E-state index in [4.69, 9.17) is 0 Å². The molecular formula is C27H43NO3. The lowest BCUT2D eigenvalue weighted by Gasteiger charge is -2.44. The van der Waals surface area contributed by atoms with E-state index in [-0.39, 0.29) is 0 Å². The second-order valence-electron chi connectivity index (χ2n) is 11.5. The summed E-state index contributed by atoms with van der Waals surface area (Å²) in [7, 11) is 0. The Morgan fingerprint density at radius 1 is 1.32 bits per heavy atom. The van der Waals surface area contributed by atoms with Gasteiger partial charge in [0.25, 0.3) is 0 Å². The van der Waals surface area contributed by atoms with Gasteiger partial charge >= 0.3 is 0 Å². The molecule has 0 saturated heterocycles. The molecule has 174 valence electrons. The number of hydrogen-bond donors (Lipinski definition) is 2. The first-order chi connectivity index (χ1) is 14.5. The lowest BCUT2D eigenvalue weighted by Crippen LogP contribution is -2.36. The van der Waals surface area contributed by atoms with Crippen LogP contribution in [0.3, 0.4) is 0 Å². The van der Waals surface area contributed by atoms with Crippen molar-refractivity contribution in [1.29, 1.82) is 0 Å². The van der Waals surface area contributed by atoms with Gasteiger partial charge in [-0.15, -0.1) is 0 Å². The Bertz CT molecular complexity index is 731. The van der Waals surface area contributed by atoms with Crippen molar-refractivity contribution in [1.82, 2.24) is 0 Å². The first kappa shape index (κ1) is 24.4. The quantitative estimate of drug-likeness (QED) is 0.455. The molecule has 2 N–H and O–H groups in total. The molecule has 6 atom stereocenters. The molecule has 3 aliphatic rings. The van der Waals surface area contributed by atoms with E-state index in [0.717, 1.165) is 36.3 Å². The van der Waals surface area contributed by atoms with Gasteiger partial charge in [-0.2, -0.15) is 4.91 Å². The standard InChI is InChI=1S/C27H43NO3/c1-18(8-6-14-26(3,4)30)23-12-13-24-20(9-7-15-27(23,24)5)10-11-21-16-22(29)17-25(28-31)19(21)2/h10-11,18,22-25,29-30H,2,6-9,12-17H2,1,3-5H3/b20-10+,21-11-/t18-,22-,23?,24?,25+,27-/m1/s1. The highest BCUT2D eigenvalue weighted by molar-refractivity contribution is 5.39. The summed E-state index contributed by atoms with van der Waals surface area (Å²) < 4.78 is 0. The van der Waals surface area contributed by atoms with Gasteiger partial charge in [-0.1, -0.05) is 56.2 Å². The molecule has 0 aromatic heterocycles. The van der Waals surface area contributed by atoms with Gasteiger partial charge < -0.3 is 10.2 Å². The van der Waals surface area contributed by atoms with Gasteiger partial charge in [0.2, 0.25) is 0 Å². The summed E-state index contributed by atoms with van der Waals surface area (Å²) in [5.41, 5.74) is 3.09. The van der Waals surface area contributed by atoms with Crippen LogP contribution in [0.25, 0.3) is 0 Å². The number of nitroso groups, excluding NO2 is 1. The van der Waals surface area contributed by atoms with Crippen LogP contribution in [0.4, 0.5) is 0 Å². The van der Waals surface area contributed by atoms with Crippen molar-refractivity contribution in [2.45, 2.75) is 110 Å². The van der Waals surface area contributed by atoms with E-state index in [9.17, 15) is 15.1 Å². The van der Waals surface area contributed by atoms with Crippen LogP contribution in [0.5, 0.6) is 0 Å². The predicted octanol–water partition coefficient (Wildman–Crippen LogP) is 6.48. The fourth-order valence-electron chi connectivity index (χ4n) is 6.84.